The molecule has 0 bridgehead atoms. The molecule has 1 heterocycles. The minimum atomic E-state index is -5.02. The summed E-state index contributed by atoms with van der Waals surface area (Å²) in [4.78, 5) is 55.9. The van der Waals surface area contributed by atoms with Crippen molar-refractivity contribution in [3.8, 4) is 11.5 Å². The van der Waals surface area contributed by atoms with Crippen molar-refractivity contribution in [2.45, 2.75) is 50.6 Å². The monoisotopic (exact) mass is 732 g/mol. The van der Waals surface area contributed by atoms with Crippen LogP contribution < -0.4 is 25.4 Å². The van der Waals surface area contributed by atoms with Crippen molar-refractivity contribution < 1.29 is 50.6 Å². The Labute approximate surface area is 287 Å². The van der Waals surface area contributed by atoms with Crippen LogP contribution in [0.4, 0.5) is 22.0 Å². The number of benzene rings is 2. The lowest BCUT2D eigenvalue weighted by Gasteiger charge is -2.28. The van der Waals surface area contributed by atoms with Crippen molar-refractivity contribution in [3.63, 3.8) is 0 Å². The number of methoxy groups -OCH3 is 1. The second-order valence-corrected chi connectivity index (χ2v) is 11.8. The van der Waals surface area contributed by atoms with E-state index < -0.39 is 72.7 Å². The minimum Gasteiger partial charge on any atom is -0.497 e. The van der Waals surface area contributed by atoms with E-state index in [0.29, 0.717) is 16.3 Å². The number of aromatic nitrogens is 1. The zero-order valence-electron chi connectivity index (χ0n) is 26.1. The number of pyridine rings is 1. The van der Waals surface area contributed by atoms with Crippen molar-refractivity contribution in [1.82, 2.24) is 20.9 Å². The van der Waals surface area contributed by atoms with Gasteiger partial charge in [-0.1, -0.05) is 61.3 Å². The Morgan fingerprint density at radius 3 is 2.10 bits per heavy atom. The Hall–Kier alpha value is -4.50. The molecule has 0 aliphatic rings. The highest BCUT2D eigenvalue weighted by atomic mass is 35.5. The SMILES string of the molecule is COc1ccc(C(NC(=O)CC(Oc2cncc(Cl)c2)c2cccc(Cl)c2)C(=O)N[C@H](C(=O)C(F)(F)C(=O)NCC(F)(F)F)C(C)C)cc1. The van der Waals surface area contributed by atoms with Gasteiger partial charge in [0, 0.05) is 17.3 Å². The third kappa shape index (κ3) is 11.3. The second kappa shape index (κ2) is 16.7. The van der Waals surface area contributed by atoms with Crippen molar-refractivity contribution in [2.24, 2.45) is 5.92 Å². The molecule has 2 aromatic carbocycles. The summed E-state index contributed by atoms with van der Waals surface area (Å²) in [5.41, 5.74) is 0.597. The normalized spacial score (nSPS) is 13.5. The van der Waals surface area contributed by atoms with Gasteiger partial charge in [-0.25, -0.2) is 0 Å². The van der Waals surface area contributed by atoms with Gasteiger partial charge in [-0.05, 0) is 41.3 Å². The van der Waals surface area contributed by atoms with Gasteiger partial charge in [0.25, 0.3) is 5.91 Å². The van der Waals surface area contributed by atoms with Crippen LogP contribution in [0, 0.1) is 5.92 Å². The maximum Gasteiger partial charge on any atom is 0.405 e. The number of carbonyl (C=O) groups is 4. The minimum absolute atomic E-state index is 0.135. The van der Waals surface area contributed by atoms with E-state index in [0.717, 1.165) is 5.32 Å². The molecule has 17 heteroatoms. The molecule has 0 radical (unpaired) electrons. The number of hydrogen-bond donors (Lipinski definition) is 3. The number of ketones is 1. The smallest absolute Gasteiger partial charge is 0.405 e. The topological polar surface area (TPSA) is 136 Å². The molecular formula is C32H31Cl2F5N4O6. The van der Waals surface area contributed by atoms with Crippen LogP contribution in [0.25, 0.3) is 0 Å². The molecule has 0 fully saturated rings. The van der Waals surface area contributed by atoms with Crippen LogP contribution in [0.15, 0.2) is 67.0 Å². The summed E-state index contributed by atoms with van der Waals surface area (Å²) in [6.45, 7) is 0.434. The van der Waals surface area contributed by atoms with E-state index in [1.54, 1.807) is 24.3 Å². The van der Waals surface area contributed by atoms with Crippen LogP contribution >= 0.6 is 23.2 Å². The first-order chi connectivity index (χ1) is 22.9. The lowest BCUT2D eigenvalue weighted by Crippen LogP contribution is -2.58. The first kappa shape index (κ1) is 38.9. The molecule has 10 nitrogen and oxygen atoms in total. The fourth-order valence-electron chi connectivity index (χ4n) is 4.41. The maximum atomic E-state index is 14.8. The average Bonchev–Trinajstić information content (AvgIpc) is 3.03. The third-order valence-electron chi connectivity index (χ3n) is 6.86. The van der Waals surface area contributed by atoms with Crippen molar-refractivity contribution in [3.05, 3.63) is 88.2 Å². The summed E-state index contributed by atoms with van der Waals surface area (Å²) in [6.07, 6.45) is -3.72. The summed E-state index contributed by atoms with van der Waals surface area (Å²) in [5, 5.41) is 6.21. The highest BCUT2D eigenvalue weighted by Gasteiger charge is 2.52. The Morgan fingerprint density at radius 1 is 0.857 bits per heavy atom. The number of hydrogen-bond acceptors (Lipinski definition) is 7. The van der Waals surface area contributed by atoms with Gasteiger partial charge < -0.3 is 25.4 Å². The Morgan fingerprint density at radius 2 is 1.53 bits per heavy atom. The molecule has 0 spiro atoms. The predicted octanol–water partition coefficient (Wildman–Crippen LogP) is 5.79. The number of nitrogens with zero attached hydrogens (tertiary/aromatic N) is 1. The molecule has 3 amide bonds. The zero-order chi connectivity index (χ0) is 36.5. The molecule has 3 N–H and O–H groups in total. The largest absolute Gasteiger partial charge is 0.497 e. The van der Waals surface area contributed by atoms with Crippen LogP contribution in [0.3, 0.4) is 0 Å². The van der Waals surface area contributed by atoms with E-state index in [1.165, 1.54) is 63.7 Å². The lowest BCUT2D eigenvalue weighted by molar-refractivity contribution is -0.165. The van der Waals surface area contributed by atoms with Crippen LogP contribution in [-0.4, -0.2) is 60.3 Å². The molecule has 264 valence electrons. The lowest BCUT2D eigenvalue weighted by atomic mass is 9.94. The molecule has 0 saturated heterocycles. The van der Waals surface area contributed by atoms with Gasteiger partial charge in [0.2, 0.25) is 17.6 Å². The summed E-state index contributed by atoms with van der Waals surface area (Å²) < 4.78 is 78.3. The molecular weight excluding hydrogens is 702 g/mol. The first-order valence-electron chi connectivity index (χ1n) is 14.4. The number of Topliss-reactive ketones (excluding diaryl/α,β-unsaturated/α-hetero) is 1. The molecule has 3 aromatic rings. The molecule has 0 saturated carbocycles. The molecule has 1 aromatic heterocycles. The number of ether oxygens (including phenoxy) is 2. The number of amides is 3. The van der Waals surface area contributed by atoms with Crippen LogP contribution in [-0.2, 0) is 19.2 Å². The van der Waals surface area contributed by atoms with Gasteiger partial charge in [-0.3, -0.25) is 24.2 Å². The van der Waals surface area contributed by atoms with Crippen molar-refractivity contribution in [2.75, 3.05) is 13.7 Å². The molecule has 2 unspecified atom stereocenters. The average molecular weight is 734 g/mol. The van der Waals surface area contributed by atoms with E-state index in [9.17, 15) is 41.1 Å². The van der Waals surface area contributed by atoms with E-state index in [4.69, 9.17) is 32.7 Å². The second-order valence-electron chi connectivity index (χ2n) is 10.9. The van der Waals surface area contributed by atoms with Crippen LogP contribution in [0.5, 0.6) is 11.5 Å². The van der Waals surface area contributed by atoms with E-state index >= 15 is 0 Å². The quantitative estimate of drug-likeness (QED) is 0.133. The molecule has 49 heavy (non-hydrogen) atoms. The predicted molar refractivity (Wildman–Crippen MR) is 168 cm³/mol. The fourth-order valence-corrected chi connectivity index (χ4v) is 4.77. The number of halogens is 7. The highest BCUT2D eigenvalue weighted by Crippen LogP contribution is 2.29. The number of rotatable bonds is 15. The van der Waals surface area contributed by atoms with Gasteiger partial charge in [-0.15, -0.1) is 0 Å². The first-order valence-corrected chi connectivity index (χ1v) is 15.2. The van der Waals surface area contributed by atoms with Gasteiger partial charge in [0.1, 0.15) is 30.2 Å². The van der Waals surface area contributed by atoms with Gasteiger partial charge in [0.05, 0.1) is 30.8 Å². The fraction of sp³-hybridized carbons (Fsp3) is 0.344. The van der Waals surface area contributed by atoms with Crippen molar-refractivity contribution >= 4 is 46.7 Å². The number of nitrogens with one attached hydrogen (secondary N) is 3. The standard InChI is InChI=1S/C32H31Cl2F5N4O6/c1-17(2)26(28(45)32(38,39)30(47)41-16-31(35,36)37)43-29(46)27(18-7-9-22(48-3)10-8-18)42-25(44)13-24(19-5-4-6-20(33)11-19)49-23-12-21(34)14-40-15-23/h4-12,14-15,17,24,26-27H,13,16H2,1-3H3,(H,41,47)(H,42,44)(H,43,46)/t24?,26-,27?/m0/s1. The van der Waals surface area contributed by atoms with Crippen molar-refractivity contribution in [1.29, 1.82) is 0 Å². The third-order valence-corrected chi connectivity index (χ3v) is 7.30. The maximum absolute atomic E-state index is 14.8. The van der Waals surface area contributed by atoms with Gasteiger partial charge in [-0.2, -0.15) is 22.0 Å². The van der Waals surface area contributed by atoms with Crippen LogP contribution in [0.2, 0.25) is 10.0 Å². The zero-order valence-corrected chi connectivity index (χ0v) is 27.6. The Balaban J connectivity index is 1.90. The molecule has 0 aliphatic carbocycles. The Bertz CT molecular complexity index is 1640. The van der Waals surface area contributed by atoms with E-state index in [-0.39, 0.29) is 16.3 Å². The number of alkyl halides is 5. The van der Waals surface area contributed by atoms with Crippen LogP contribution in [0.1, 0.15) is 43.5 Å². The summed E-state index contributed by atoms with van der Waals surface area (Å²) in [5.74, 6) is -12.0. The molecule has 3 rings (SSSR count). The summed E-state index contributed by atoms with van der Waals surface area (Å²) in [6, 6.07) is 9.92. The van der Waals surface area contributed by atoms with E-state index in [2.05, 4.69) is 15.6 Å². The molecule has 0 aliphatic heterocycles. The van der Waals surface area contributed by atoms with Gasteiger partial charge >= 0.3 is 12.1 Å². The van der Waals surface area contributed by atoms with E-state index in [1.807, 2.05) is 0 Å². The Kier molecular flexibility index (Phi) is 13.3. The summed E-state index contributed by atoms with van der Waals surface area (Å²) >= 11 is 12.2. The number of carbonyl (C=O) groups excluding carboxylic acids is 4. The highest BCUT2D eigenvalue weighted by molar-refractivity contribution is 6.30. The van der Waals surface area contributed by atoms with Gasteiger partial charge in [0.15, 0.2) is 0 Å². The molecule has 3 atom stereocenters. The summed E-state index contributed by atoms with van der Waals surface area (Å²) in [7, 11) is 1.39.